The van der Waals surface area contributed by atoms with Crippen LogP contribution in [0.25, 0.3) is 0 Å². The summed E-state index contributed by atoms with van der Waals surface area (Å²) < 4.78 is 12.2. The second-order valence-electron chi connectivity index (χ2n) is 5.51. The van der Waals surface area contributed by atoms with Crippen molar-refractivity contribution in [3.8, 4) is 11.5 Å². The number of halogens is 1. The van der Waals surface area contributed by atoms with Crippen LogP contribution in [0.2, 0.25) is 0 Å². The van der Waals surface area contributed by atoms with Gasteiger partial charge in [0.1, 0.15) is 0 Å². The highest BCUT2D eigenvalue weighted by Crippen LogP contribution is 2.36. The molecule has 0 aliphatic heterocycles. The normalized spacial score (nSPS) is 11.0. The van der Waals surface area contributed by atoms with Crippen LogP contribution < -0.4 is 14.8 Å². The second-order valence-corrected chi connectivity index (χ2v) is 6.37. The Balaban J connectivity index is 2.49. The summed E-state index contributed by atoms with van der Waals surface area (Å²) in [4.78, 5) is 2.45. The SMILES string of the molecule is CCCOc1c(Br)cc(CNCCCN(CC)CC)cc1OC. The van der Waals surface area contributed by atoms with Gasteiger partial charge in [-0.2, -0.15) is 0 Å². The van der Waals surface area contributed by atoms with Gasteiger partial charge in [-0.1, -0.05) is 20.8 Å². The van der Waals surface area contributed by atoms with Crippen LogP contribution in [0.1, 0.15) is 39.2 Å². The first-order valence-electron chi connectivity index (χ1n) is 8.58. The first kappa shape index (κ1) is 20.3. The van der Waals surface area contributed by atoms with E-state index in [0.717, 1.165) is 61.5 Å². The molecule has 0 spiro atoms. The third kappa shape index (κ3) is 7.10. The molecule has 1 aromatic carbocycles. The first-order chi connectivity index (χ1) is 11.2. The van der Waals surface area contributed by atoms with Gasteiger partial charge in [0.2, 0.25) is 0 Å². The van der Waals surface area contributed by atoms with Crippen molar-refractivity contribution in [1.82, 2.24) is 10.2 Å². The zero-order chi connectivity index (χ0) is 17.1. The van der Waals surface area contributed by atoms with Crippen molar-refractivity contribution < 1.29 is 9.47 Å². The summed E-state index contributed by atoms with van der Waals surface area (Å²) in [7, 11) is 1.68. The number of ether oxygens (including phenoxy) is 2. The van der Waals surface area contributed by atoms with E-state index in [9.17, 15) is 0 Å². The molecule has 0 aliphatic carbocycles. The van der Waals surface area contributed by atoms with E-state index in [1.807, 2.05) is 6.07 Å². The molecule has 0 fully saturated rings. The molecule has 132 valence electrons. The van der Waals surface area contributed by atoms with E-state index < -0.39 is 0 Å². The molecule has 1 aromatic rings. The third-order valence-electron chi connectivity index (χ3n) is 3.79. The summed E-state index contributed by atoms with van der Waals surface area (Å²) in [6.45, 7) is 12.5. The molecule has 23 heavy (non-hydrogen) atoms. The topological polar surface area (TPSA) is 33.7 Å². The average Bonchev–Trinajstić information content (AvgIpc) is 2.56. The van der Waals surface area contributed by atoms with E-state index >= 15 is 0 Å². The molecule has 0 unspecified atom stereocenters. The summed E-state index contributed by atoms with van der Waals surface area (Å²) >= 11 is 3.59. The molecule has 1 N–H and O–H groups in total. The van der Waals surface area contributed by atoms with E-state index in [1.54, 1.807) is 7.11 Å². The van der Waals surface area contributed by atoms with Crippen LogP contribution in [0.15, 0.2) is 16.6 Å². The van der Waals surface area contributed by atoms with E-state index in [2.05, 4.69) is 53.0 Å². The predicted molar refractivity (Wildman–Crippen MR) is 101 cm³/mol. The van der Waals surface area contributed by atoms with E-state index in [4.69, 9.17) is 9.47 Å². The number of methoxy groups -OCH3 is 1. The Morgan fingerprint density at radius 2 is 1.91 bits per heavy atom. The Labute approximate surface area is 149 Å². The highest BCUT2D eigenvalue weighted by Gasteiger charge is 2.11. The third-order valence-corrected chi connectivity index (χ3v) is 4.38. The van der Waals surface area contributed by atoms with Crippen molar-refractivity contribution >= 4 is 15.9 Å². The van der Waals surface area contributed by atoms with Gasteiger partial charge < -0.3 is 19.7 Å². The lowest BCUT2D eigenvalue weighted by Gasteiger charge is -2.18. The van der Waals surface area contributed by atoms with E-state index in [-0.39, 0.29) is 0 Å². The van der Waals surface area contributed by atoms with Crippen molar-refractivity contribution in [3.63, 3.8) is 0 Å². The largest absolute Gasteiger partial charge is 0.493 e. The fourth-order valence-corrected chi connectivity index (χ4v) is 3.02. The van der Waals surface area contributed by atoms with Gasteiger partial charge in [-0.3, -0.25) is 0 Å². The number of nitrogens with zero attached hydrogens (tertiary/aromatic N) is 1. The van der Waals surface area contributed by atoms with Crippen LogP contribution in [0, 0.1) is 0 Å². The lowest BCUT2D eigenvalue weighted by molar-refractivity contribution is 0.292. The minimum atomic E-state index is 0.692. The molecule has 0 saturated heterocycles. The monoisotopic (exact) mass is 386 g/mol. The molecule has 0 radical (unpaired) electrons. The Morgan fingerprint density at radius 1 is 1.17 bits per heavy atom. The van der Waals surface area contributed by atoms with Crippen molar-refractivity contribution in [2.45, 2.75) is 40.2 Å². The summed E-state index contributed by atoms with van der Waals surface area (Å²) in [5.41, 5.74) is 1.19. The highest BCUT2D eigenvalue weighted by molar-refractivity contribution is 9.10. The first-order valence-corrected chi connectivity index (χ1v) is 9.37. The molecule has 0 aromatic heterocycles. The molecule has 5 heteroatoms. The number of hydrogen-bond acceptors (Lipinski definition) is 4. The van der Waals surface area contributed by atoms with Gasteiger partial charge in [0.15, 0.2) is 11.5 Å². The van der Waals surface area contributed by atoms with Crippen molar-refractivity contribution in [2.75, 3.05) is 39.9 Å². The molecular weight excluding hydrogens is 356 g/mol. The van der Waals surface area contributed by atoms with Gasteiger partial charge in [-0.25, -0.2) is 0 Å². The molecule has 0 bridgehead atoms. The van der Waals surface area contributed by atoms with Gasteiger partial charge in [0, 0.05) is 6.54 Å². The van der Waals surface area contributed by atoms with Crippen molar-refractivity contribution in [1.29, 1.82) is 0 Å². The smallest absolute Gasteiger partial charge is 0.175 e. The molecule has 0 heterocycles. The Kier molecular flexibility index (Phi) is 10.3. The molecule has 0 saturated carbocycles. The van der Waals surface area contributed by atoms with Crippen LogP contribution in [-0.4, -0.2) is 44.8 Å². The maximum absolute atomic E-state index is 5.76. The zero-order valence-electron chi connectivity index (χ0n) is 15.0. The molecule has 1 rings (SSSR count). The summed E-state index contributed by atoms with van der Waals surface area (Å²) in [5.74, 6) is 1.58. The average molecular weight is 387 g/mol. The summed E-state index contributed by atoms with van der Waals surface area (Å²) in [5, 5.41) is 3.50. The Hall–Kier alpha value is -0.780. The lowest BCUT2D eigenvalue weighted by Crippen LogP contribution is -2.27. The maximum Gasteiger partial charge on any atom is 0.175 e. The standard InChI is InChI=1S/C18H31BrN2O2/c1-5-11-23-18-16(19)12-15(13-17(18)22-4)14-20-9-8-10-21(6-2)7-3/h12-13,20H,5-11,14H2,1-4H3. The molecule has 4 nitrogen and oxygen atoms in total. The Morgan fingerprint density at radius 3 is 2.52 bits per heavy atom. The Bertz CT molecular complexity index is 451. The van der Waals surface area contributed by atoms with Crippen LogP contribution >= 0.6 is 15.9 Å². The van der Waals surface area contributed by atoms with E-state index in [0.29, 0.717) is 6.61 Å². The highest BCUT2D eigenvalue weighted by atomic mass is 79.9. The zero-order valence-corrected chi connectivity index (χ0v) is 16.5. The summed E-state index contributed by atoms with van der Waals surface area (Å²) in [6.07, 6.45) is 2.14. The van der Waals surface area contributed by atoms with Crippen LogP contribution in [0.4, 0.5) is 0 Å². The quantitative estimate of drug-likeness (QED) is 0.549. The number of hydrogen-bond donors (Lipinski definition) is 1. The minimum absolute atomic E-state index is 0.692. The van der Waals surface area contributed by atoms with Crippen LogP contribution in [0.3, 0.4) is 0 Å². The molecular formula is C18H31BrN2O2. The summed E-state index contributed by atoms with van der Waals surface area (Å²) in [6, 6.07) is 4.15. The van der Waals surface area contributed by atoms with Crippen molar-refractivity contribution in [2.24, 2.45) is 0 Å². The van der Waals surface area contributed by atoms with Gasteiger partial charge in [0.05, 0.1) is 18.2 Å². The maximum atomic E-state index is 5.76. The van der Waals surface area contributed by atoms with Crippen LogP contribution in [0.5, 0.6) is 11.5 Å². The van der Waals surface area contributed by atoms with Gasteiger partial charge >= 0.3 is 0 Å². The lowest BCUT2D eigenvalue weighted by atomic mass is 10.2. The van der Waals surface area contributed by atoms with Crippen molar-refractivity contribution in [3.05, 3.63) is 22.2 Å². The van der Waals surface area contributed by atoms with Gasteiger partial charge in [0.25, 0.3) is 0 Å². The van der Waals surface area contributed by atoms with Crippen LogP contribution in [-0.2, 0) is 6.54 Å². The van der Waals surface area contributed by atoms with Gasteiger partial charge in [-0.05, 0) is 72.6 Å². The molecule has 0 aliphatic rings. The number of rotatable bonds is 12. The minimum Gasteiger partial charge on any atom is -0.493 e. The predicted octanol–water partition coefficient (Wildman–Crippen LogP) is 4.07. The number of benzene rings is 1. The van der Waals surface area contributed by atoms with Gasteiger partial charge in [-0.15, -0.1) is 0 Å². The fourth-order valence-electron chi connectivity index (χ4n) is 2.42. The number of nitrogens with one attached hydrogen (secondary N) is 1. The molecule has 0 atom stereocenters. The second kappa shape index (κ2) is 11.7. The molecule has 0 amide bonds. The fraction of sp³-hybridized carbons (Fsp3) is 0.667. The van der Waals surface area contributed by atoms with E-state index in [1.165, 1.54) is 5.56 Å².